The third-order valence-electron chi connectivity index (χ3n) is 5.68. The Morgan fingerprint density at radius 3 is 2.29 bits per heavy atom. The Hall–Kier alpha value is -3.53. The van der Waals surface area contributed by atoms with E-state index in [0.717, 1.165) is 22.4 Å². The minimum absolute atomic E-state index is 0.130. The third-order valence-corrected chi connectivity index (χ3v) is 6.63. The first-order valence-electron chi connectivity index (χ1n) is 10.9. The van der Waals surface area contributed by atoms with E-state index >= 15 is 0 Å². The van der Waals surface area contributed by atoms with Crippen LogP contribution >= 0.6 is 0 Å². The van der Waals surface area contributed by atoms with Crippen LogP contribution in [0.15, 0.2) is 78.7 Å². The third kappa shape index (κ3) is 5.69. The van der Waals surface area contributed by atoms with Crippen molar-refractivity contribution in [1.82, 2.24) is 14.8 Å². The number of ether oxygens (including phenoxy) is 1. The van der Waals surface area contributed by atoms with Crippen LogP contribution in [0.1, 0.15) is 34.8 Å². The van der Waals surface area contributed by atoms with Crippen LogP contribution in [0.4, 0.5) is 0 Å². The minimum atomic E-state index is -3.52. The molecule has 1 aliphatic heterocycles. The normalized spacial score (nSPS) is 15.1. The number of aromatic nitrogens is 1. The molecular weight excluding hydrogens is 452 g/mol. The fourth-order valence-electron chi connectivity index (χ4n) is 3.91. The van der Waals surface area contributed by atoms with Gasteiger partial charge in [0.2, 0.25) is 10.0 Å². The molecule has 2 heterocycles. The molecule has 1 amide bonds. The standard InChI is InChI=1S/C25H26N4O4S/c1-2-34(31,32)28-29-16-14-18(15-17-29)23-13-12-22(25(26)30)24(27-23)19-8-10-21(11-9-19)33-20-6-4-3-5-7-20/h2-13,18,28H,1,14-17H2,(H2,26,30). The van der Waals surface area contributed by atoms with Crippen molar-refractivity contribution in [2.45, 2.75) is 18.8 Å². The summed E-state index contributed by atoms with van der Waals surface area (Å²) in [6, 6.07) is 20.4. The number of primary amides is 1. The highest BCUT2D eigenvalue weighted by Crippen LogP contribution is 2.31. The zero-order valence-electron chi connectivity index (χ0n) is 18.6. The number of rotatable bonds is 8. The van der Waals surface area contributed by atoms with Crippen molar-refractivity contribution in [3.63, 3.8) is 0 Å². The van der Waals surface area contributed by atoms with Crippen molar-refractivity contribution >= 4 is 15.9 Å². The summed E-state index contributed by atoms with van der Waals surface area (Å²) in [5, 5.41) is 2.56. The quantitative estimate of drug-likeness (QED) is 0.509. The molecule has 1 saturated heterocycles. The first kappa shape index (κ1) is 23.6. The summed E-state index contributed by atoms with van der Waals surface area (Å²) in [5.74, 6) is 0.981. The van der Waals surface area contributed by atoms with Crippen LogP contribution in [-0.4, -0.2) is 37.4 Å². The first-order valence-corrected chi connectivity index (χ1v) is 12.4. The van der Waals surface area contributed by atoms with Crippen LogP contribution in [0, 0.1) is 0 Å². The maximum Gasteiger partial charge on any atom is 0.250 e. The molecule has 2 aromatic carbocycles. The van der Waals surface area contributed by atoms with Crippen molar-refractivity contribution in [2.24, 2.45) is 5.73 Å². The topological polar surface area (TPSA) is 115 Å². The van der Waals surface area contributed by atoms with Gasteiger partial charge in [0, 0.05) is 35.7 Å². The summed E-state index contributed by atoms with van der Waals surface area (Å²) >= 11 is 0. The smallest absolute Gasteiger partial charge is 0.250 e. The highest BCUT2D eigenvalue weighted by atomic mass is 32.2. The van der Waals surface area contributed by atoms with E-state index in [4.69, 9.17) is 15.5 Å². The number of carbonyl (C=O) groups is 1. The molecule has 0 bridgehead atoms. The molecule has 0 radical (unpaired) electrons. The molecule has 176 valence electrons. The summed E-state index contributed by atoms with van der Waals surface area (Å²) in [6.45, 7) is 4.39. The van der Waals surface area contributed by atoms with Gasteiger partial charge in [-0.2, -0.15) is 0 Å². The number of nitrogens with zero attached hydrogens (tertiary/aromatic N) is 2. The molecule has 0 saturated carbocycles. The van der Waals surface area contributed by atoms with Gasteiger partial charge in [-0.15, -0.1) is 4.83 Å². The summed E-state index contributed by atoms with van der Waals surface area (Å²) in [6.07, 6.45) is 1.43. The molecule has 8 nitrogen and oxygen atoms in total. The number of carbonyl (C=O) groups excluding carboxylic acids is 1. The summed E-state index contributed by atoms with van der Waals surface area (Å²) in [4.78, 5) is 19.4. The van der Waals surface area contributed by atoms with E-state index in [-0.39, 0.29) is 5.92 Å². The predicted molar refractivity (Wildman–Crippen MR) is 131 cm³/mol. The monoisotopic (exact) mass is 478 g/mol. The van der Waals surface area contributed by atoms with Gasteiger partial charge in [0.25, 0.3) is 5.91 Å². The Bertz CT molecular complexity index is 1270. The average molecular weight is 479 g/mol. The number of piperidine rings is 1. The molecule has 3 N–H and O–H groups in total. The van der Waals surface area contributed by atoms with E-state index in [0.29, 0.717) is 42.9 Å². The second-order valence-corrected chi connectivity index (χ2v) is 9.61. The molecule has 1 aromatic heterocycles. The number of para-hydroxylation sites is 1. The predicted octanol–water partition coefficient (Wildman–Crippen LogP) is 3.80. The number of hydrazine groups is 1. The van der Waals surface area contributed by atoms with E-state index in [1.54, 1.807) is 11.1 Å². The zero-order chi connectivity index (χ0) is 24.1. The van der Waals surface area contributed by atoms with Crippen molar-refractivity contribution < 1.29 is 17.9 Å². The van der Waals surface area contributed by atoms with Crippen LogP contribution in [0.25, 0.3) is 11.3 Å². The summed E-state index contributed by atoms with van der Waals surface area (Å²) < 4.78 is 29.3. The highest BCUT2D eigenvalue weighted by Gasteiger charge is 2.25. The van der Waals surface area contributed by atoms with E-state index in [1.807, 2.05) is 60.7 Å². The number of pyridine rings is 1. The van der Waals surface area contributed by atoms with Crippen LogP contribution < -0.4 is 15.3 Å². The molecule has 0 aliphatic carbocycles. The lowest BCUT2D eigenvalue weighted by molar-refractivity contribution is 0.100. The molecule has 9 heteroatoms. The van der Waals surface area contributed by atoms with Gasteiger partial charge in [-0.1, -0.05) is 24.8 Å². The van der Waals surface area contributed by atoms with Gasteiger partial charge in [0.15, 0.2) is 0 Å². The summed E-state index contributed by atoms with van der Waals surface area (Å²) in [7, 11) is -3.52. The van der Waals surface area contributed by atoms with Gasteiger partial charge in [0.05, 0.1) is 11.3 Å². The fraction of sp³-hybridized carbons (Fsp3) is 0.200. The molecule has 0 unspecified atom stereocenters. The molecule has 1 aliphatic rings. The lowest BCUT2D eigenvalue weighted by atomic mass is 9.92. The number of hydrogen-bond donors (Lipinski definition) is 2. The largest absolute Gasteiger partial charge is 0.457 e. The maximum atomic E-state index is 12.1. The highest BCUT2D eigenvalue weighted by molar-refractivity contribution is 7.92. The van der Waals surface area contributed by atoms with E-state index in [9.17, 15) is 13.2 Å². The molecule has 0 spiro atoms. The Morgan fingerprint density at radius 2 is 1.68 bits per heavy atom. The number of hydrogen-bond acceptors (Lipinski definition) is 6. The van der Waals surface area contributed by atoms with Gasteiger partial charge in [0.1, 0.15) is 11.5 Å². The summed E-state index contributed by atoms with van der Waals surface area (Å²) in [5.41, 5.74) is 8.08. The lowest BCUT2D eigenvalue weighted by Crippen LogP contribution is -2.45. The molecule has 34 heavy (non-hydrogen) atoms. The second kappa shape index (κ2) is 10.2. The molecule has 3 aromatic rings. The van der Waals surface area contributed by atoms with E-state index < -0.39 is 15.9 Å². The van der Waals surface area contributed by atoms with Gasteiger partial charge in [-0.25, -0.2) is 13.4 Å². The fourth-order valence-corrected chi connectivity index (χ4v) is 4.53. The zero-order valence-corrected chi connectivity index (χ0v) is 19.4. The van der Waals surface area contributed by atoms with Crippen LogP contribution in [0.3, 0.4) is 0 Å². The SMILES string of the molecule is C=CS(=O)(=O)NN1CCC(c2ccc(C(N)=O)c(-c3ccc(Oc4ccccc4)cc3)n2)CC1. The molecule has 1 fully saturated rings. The Labute approximate surface area is 199 Å². The van der Waals surface area contributed by atoms with Crippen molar-refractivity contribution in [3.05, 3.63) is 90.0 Å². The lowest BCUT2D eigenvalue weighted by Gasteiger charge is -2.31. The second-order valence-electron chi connectivity index (χ2n) is 8.00. The number of amides is 1. The van der Waals surface area contributed by atoms with Gasteiger partial charge in [-0.05, 0) is 61.4 Å². The van der Waals surface area contributed by atoms with E-state index in [2.05, 4.69) is 11.4 Å². The Kier molecular flexibility index (Phi) is 7.06. The van der Waals surface area contributed by atoms with Crippen LogP contribution in [0.2, 0.25) is 0 Å². The number of benzene rings is 2. The van der Waals surface area contributed by atoms with Crippen molar-refractivity contribution in [1.29, 1.82) is 0 Å². The van der Waals surface area contributed by atoms with Gasteiger partial charge >= 0.3 is 0 Å². The maximum absolute atomic E-state index is 12.1. The molecule has 0 atom stereocenters. The Morgan fingerprint density at radius 1 is 1.03 bits per heavy atom. The first-order chi connectivity index (χ1) is 16.3. The van der Waals surface area contributed by atoms with Gasteiger partial charge in [-0.3, -0.25) is 9.78 Å². The molecule has 4 rings (SSSR count). The number of sulfonamides is 1. The van der Waals surface area contributed by atoms with Crippen LogP contribution in [0.5, 0.6) is 11.5 Å². The minimum Gasteiger partial charge on any atom is -0.457 e. The number of nitrogens with two attached hydrogens (primary N) is 1. The Balaban J connectivity index is 1.53. The van der Waals surface area contributed by atoms with Crippen molar-refractivity contribution in [3.8, 4) is 22.8 Å². The van der Waals surface area contributed by atoms with E-state index in [1.165, 1.54) is 0 Å². The molecular formula is C25H26N4O4S. The van der Waals surface area contributed by atoms with Crippen LogP contribution in [-0.2, 0) is 10.0 Å². The van der Waals surface area contributed by atoms with Gasteiger partial charge < -0.3 is 10.5 Å². The average Bonchev–Trinajstić information content (AvgIpc) is 2.85. The number of nitrogens with one attached hydrogen (secondary N) is 1. The van der Waals surface area contributed by atoms with Crippen molar-refractivity contribution in [2.75, 3.05) is 13.1 Å².